The number of hydrogen-bond donors (Lipinski definition) is 1. The van der Waals surface area contributed by atoms with E-state index in [1.807, 2.05) is 6.92 Å². The van der Waals surface area contributed by atoms with E-state index in [2.05, 4.69) is 0 Å². The zero-order chi connectivity index (χ0) is 15.0. The number of morpholine rings is 1. The zero-order valence-corrected chi connectivity index (χ0v) is 11.9. The van der Waals surface area contributed by atoms with Crippen LogP contribution >= 0.6 is 0 Å². The summed E-state index contributed by atoms with van der Waals surface area (Å²) in [5.41, 5.74) is 1.24. The van der Waals surface area contributed by atoms with Gasteiger partial charge < -0.3 is 24.0 Å². The van der Waals surface area contributed by atoms with Crippen LogP contribution in [0, 0.1) is 0 Å². The Hall–Kier alpha value is -1.86. The highest BCUT2D eigenvalue weighted by atomic mass is 16.5. The lowest BCUT2D eigenvalue weighted by molar-refractivity contribution is 0.00317. The predicted molar refractivity (Wildman–Crippen MR) is 72.4 cm³/mol. The minimum atomic E-state index is -1.02. The van der Waals surface area contributed by atoms with Gasteiger partial charge in [0.25, 0.3) is 5.91 Å². The number of ether oxygens (including phenoxy) is 2. The van der Waals surface area contributed by atoms with Gasteiger partial charge in [-0.15, -0.1) is 0 Å². The van der Waals surface area contributed by atoms with E-state index in [4.69, 9.17) is 9.47 Å². The van der Waals surface area contributed by atoms with Gasteiger partial charge in [-0.3, -0.25) is 4.79 Å². The molecule has 1 fully saturated rings. The van der Waals surface area contributed by atoms with Crippen molar-refractivity contribution in [2.75, 3.05) is 26.4 Å². The molecule has 0 spiro atoms. The lowest BCUT2D eigenvalue weighted by atomic mass is 10.1. The largest absolute Gasteiger partial charge is 0.477 e. The SMILES string of the molecule is CC1COCCN1C(=O)c1cc(C(=O)O)n2c1COCC2. The Labute approximate surface area is 122 Å². The van der Waals surface area contributed by atoms with Crippen LogP contribution in [0.15, 0.2) is 6.07 Å². The van der Waals surface area contributed by atoms with Gasteiger partial charge in [-0.1, -0.05) is 0 Å². The molecule has 0 aromatic carbocycles. The zero-order valence-electron chi connectivity index (χ0n) is 11.9. The molecule has 114 valence electrons. The number of amides is 1. The van der Waals surface area contributed by atoms with E-state index in [0.717, 1.165) is 0 Å². The van der Waals surface area contributed by atoms with Crippen LogP contribution in [0.4, 0.5) is 0 Å². The van der Waals surface area contributed by atoms with Gasteiger partial charge in [-0.25, -0.2) is 4.79 Å². The van der Waals surface area contributed by atoms with Crippen molar-refractivity contribution < 1.29 is 24.2 Å². The van der Waals surface area contributed by atoms with Gasteiger partial charge in [0.1, 0.15) is 5.69 Å². The number of carbonyl (C=O) groups excluding carboxylic acids is 1. The first-order valence-corrected chi connectivity index (χ1v) is 7.01. The van der Waals surface area contributed by atoms with E-state index in [-0.39, 0.29) is 24.2 Å². The standard InChI is InChI=1S/C14H18N2O5/c1-9-7-20-4-2-15(9)13(17)10-6-11(14(18)19)16-3-5-21-8-12(10)16/h6,9H,2-5,7-8H2,1H3,(H,18,19). The molecule has 7 nitrogen and oxygen atoms in total. The van der Waals surface area contributed by atoms with Crippen LogP contribution in [0.25, 0.3) is 0 Å². The van der Waals surface area contributed by atoms with E-state index in [1.54, 1.807) is 9.47 Å². The predicted octanol–water partition coefficient (Wildman–Crippen LogP) is 0.577. The van der Waals surface area contributed by atoms with Crippen LogP contribution in [0.1, 0.15) is 33.5 Å². The Balaban J connectivity index is 1.98. The van der Waals surface area contributed by atoms with Crippen molar-refractivity contribution in [3.8, 4) is 0 Å². The van der Waals surface area contributed by atoms with Gasteiger partial charge in [-0.05, 0) is 13.0 Å². The number of nitrogens with zero attached hydrogens (tertiary/aromatic N) is 2. The molecule has 2 aliphatic heterocycles. The van der Waals surface area contributed by atoms with Crippen molar-refractivity contribution >= 4 is 11.9 Å². The average Bonchev–Trinajstić information content (AvgIpc) is 2.87. The number of fused-ring (bicyclic) bond motifs is 1. The maximum atomic E-state index is 12.7. The summed E-state index contributed by atoms with van der Waals surface area (Å²) in [6, 6.07) is 1.45. The number of carbonyl (C=O) groups is 2. The monoisotopic (exact) mass is 294 g/mol. The molecule has 1 atom stereocenters. The fraction of sp³-hybridized carbons (Fsp3) is 0.571. The summed E-state index contributed by atoms with van der Waals surface area (Å²) in [5, 5.41) is 9.29. The number of aromatic carboxylic acids is 1. The second-order valence-electron chi connectivity index (χ2n) is 5.32. The Bertz CT molecular complexity index is 580. The molecule has 21 heavy (non-hydrogen) atoms. The third-order valence-electron chi connectivity index (χ3n) is 3.98. The molecule has 0 radical (unpaired) electrons. The molecular weight excluding hydrogens is 276 g/mol. The molecule has 7 heteroatoms. The first kappa shape index (κ1) is 14.1. The van der Waals surface area contributed by atoms with E-state index >= 15 is 0 Å². The van der Waals surface area contributed by atoms with Crippen LogP contribution in [0.2, 0.25) is 0 Å². The number of aromatic nitrogens is 1. The van der Waals surface area contributed by atoms with Crippen LogP contribution in [-0.4, -0.2) is 58.9 Å². The number of carboxylic acids is 1. The quantitative estimate of drug-likeness (QED) is 0.863. The maximum absolute atomic E-state index is 12.7. The third kappa shape index (κ3) is 2.43. The molecule has 1 aromatic rings. The van der Waals surface area contributed by atoms with E-state index in [1.165, 1.54) is 6.07 Å². The smallest absolute Gasteiger partial charge is 0.352 e. The Kier molecular flexibility index (Phi) is 3.69. The maximum Gasteiger partial charge on any atom is 0.352 e. The molecule has 1 amide bonds. The van der Waals surface area contributed by atoms with Crippen LogP contribution in [-0.2, 0) is 22.6 Å². The summed E-state index contributed by atoms with van der Waals surface area (Å²) in [4.78, 5) is 25.8. The van der Waals surface area contributed by atoms with Crippen LogP contribution in [0.5, 0.6) is 0 Å². The van der Waals surface area contributed by atoms with Crippen molar-refractivity contribution in [1.82, 2.24) is 9.47 Å². The molecule has 1 aromatic heterocycles. The Morgan fingerprint density at radius 1 is 1.29 bits per heavy atom. The Morgan fingerprint density at radius 3 is 2.76 bits per heavy atom. The topological polar surface area (TPSA) is 81.0 Å². The minimum absolute atomic E-state index is 0.0143. The van der Waals surface area contributed by atoms with Crippen molar-refractivity contribution in [2.45, 2.75) is 26.1 Å². The molecule has 0 bridgehead atoms. The lowest BCUT2D eigenvalue weighted by Crippen LogP contribution is -2.47. The molecule has 2 aliphatic rings. The fourth-order valence-corrected chi connectivity index (χ4v) is 2.87. The molecule has 1 unspecified atom stereocenters. The second-order valence-corrected chi connectivity index (χ2v) is 5.32. The summed E-state index contributed by atoms with van der Waals surface area (Å²) in [5.74, 6) is -1.17. The van der Waals surface area contributed by atoms with Gasteiger partial charge >= 0.3 is 5.97 Å². The highest BCUT2D eigenvalue weighted by Gasteiger charge is 2.31. The van der Waals surface area contributed by atoms with Crippen molar-refractivity contribution in [2.24, 2.45) is 0 Å². The first-order chi connectivity index (χ1) is 10.1. The summed E-state index contributed by atoms with van der Waals surface area (Å²) >= 11 is 0. The molecule has 0 saturated carbocycles. The highest BCUT2D eigenvalue weighted by Crippen LogP contribution is 2.23. The number of hydrogen-bond acceptors (Lipinski definition) is 4. The van der Waals surface area contributed by atoms with Gasteiger partial charge in [-0.2, -0.15) is 0 Å². The van der Waals surface area contributed by atoms with Crippen LogP contribution in [0.3, 0.4) is 0 Å². The molecule has 1 saturated heterocycles. The molecule has 1 N–H and O–H groups in total. The average molecular weight is 294 g/mol. The molecule has 0 aliphatic carbocycles. The number of rotatable bonds is 2. The molecular formula is C14H18N2O5. The number of carboxylic acid groups (broad SMARTS) is 1. The summed E-state index contributed by atoms with van der Waals surface area (Å²) < 4.78 is 12.4. The highest BCUT2D eigenvalue weighted by molar-refractivity contribution is 5.99. The van der Waals surface area contributed by atoms with Crippen molar-refractivity contribution in [3.63, 3.8) is 0 Å². The summed E-state index contributed by atoms with van der Waals surface area (Å²) in [6.07, 6.45) is 0. The molecule has 3 heterocycles. The van der Waals surface area contributed by atoms with E-state index in [0.29, 0.717) is 44.2 Å². The normalized spacial score (nSPS) is 22.0. The lowest BCUT2D eigenvalue weighted by Gasteiger charge is -2.33. The van der Waals surface area contributed by atoms with Crippen molar-refractivity contribution in [1.29, 1.82) is 0 Å². The third-order valence-corrected chi connectivity index (χ3v) is 3.98. The molecule has 3 rings (SSSR count). The van der Waals surface area contributed by atoms with Gasteiger partial charge in [0.2, 0.25) is 0 Å². The first-order valence-electron chi connectivity index (χ1n) is 7.01. The van der Waals surface area contributed by atoms with E-state index in [9.17, 15) is 14.7 Å². The Morgan fingerprint density at radius 2 is 2.05 bits per heavy atom. The van der Waals surface area contributed by atoms with E-state index < -0.39 is 5.97 Å². The van der Waals surface area contributed by atoms with Gasteiger partial charge in [0.15, 0.2) is 0 Å². The van der Waals surface area contributed by atoms with Crippen LogP contribution < -0.4 is 0 Å². The van der Waals surface area contributed by atoms with Crippen molar-refractivity contribution in [3.05, 3.63) is 23.0 Å². The fourth-order valence-electron chi connectivity index (χ4n) is 2.87. The van der Waals surface area contributed by atoms with Gasteiger partial charge in [0.05, 0.1) is 43.7 Å². The summed E-state index contributed by atoms with van der Waals surface area (Å²) in [6.45, 7) is 4.65. The summed E-state index contributed by atoms with van der Waals surface area (Å²) in [7, 11) is 0. The second kappa shape index (κ2) is 5.50. The van der Waals surface area contributed by atoms with Gasteiger partial charge in [0, 0.05) is 13.1 Å². The minimum Gasteiger partial charge on any atom is -0.477 e.